The van der Waals surface area contributed by atoms with Gasteiger partial charge >= 0.3 is 6.03 Å². The molecular weight excluding hydrogens is 414 g/mol. The molecule has 10 heteroatoms. The van der Waals surface area contributed by atoms with Gasteiger partial charge in [0.2, 0.25) is 5.91 Å². The molecule has 0 unspecified atom stereocenters. The monoisotopic (exact) mass is 433 g/mol. The lowest BCUT2D eigenvalue weighted by molar-refractivity contribution is -0.117. The number of furan rings is 1. The summed E-state index contributed by atoms with van der Waals surface area (Å²) in [6.07, 6.45) is 2.40. The zero-order valence-corrected chi connectivity index (χ0v) is 17.3. The van der Waals surface area contributed by atoms with Crippen molar-refractivity contribution in [1.29, 1.82) is 0 Å². The Morgan fingerprint density at radius 2 is 2.00 bits per heavy atom. The Balaban J connectivity index is 1.57. The predicted molar refractivity (Wildman–Crippen MR) is 111 cm³/mol. The molecule has 0 atom stereocenters. The summed E-state index contributed by atoms with van der Waals surface area (Å²) in [6.45, 7) is 2.96. The van der Waals surface area contributed by atoms with E-state index in [1.54, 1.807) is 24.3 Å². The minimum absolute atomic E-state index is 0.0383. The molecule has 2 N–H and O–H groups in total. The van der Waals surface area contributed by atoms with E-state index in [-0.39, 0.29) is 12.3 Å². The van der Waals surface area contributed by atoms with Crippen LogP contribution in [0, 0.1) is 0 Å². The normalized spacial score (nSPS) is 10.7. The molecule has 0 aliphatic heterocycles. The Bertz CT molecular complexity index is 957. The molecule has 1 aromatic carbocycles. The second kappa shape index (κ2) is 10.1. The molecule has 0 saturated heterocycles. The van der Waals surface area contributed by atoms with E-state index >= 15 is 0 Å². The average molecular weight is 434 g/mol. The van der Waals surface area contributed by atoms with Crippen LogP contribution < -0.4 is 10.6 Å². The number of urea groups is 1. The summed E-state index contributed by atoms with van der Waals surface area (Å²) in [5.41, 5.74) is 0.893. The smallest absolute Gasteiger partial charge is 0.321 e. The van der Waals surface area contributed by atoms with E-state index in [2.05, 4.69) is 27.8 Å². The van der Waals surface area contributed by atoms with E-state index in [1.807, 2.05) is 16.7 Å². The van der Waals surface area contributed by atoms with Crippen molar-refractivity contribution in [2.24, 2.45) is 0 Å². The van der Waals surface area contributed by atoms with Gasteiger partial charge in [0.15, 0.2) is 11.0 Å². The van der Waals surface area contributed by atoms with Gasteiger partial charge in [-0.1, -0.05) is 30.3 Å². The van der Waals surface area contributed by atoms with Crippen LogP contribution in [0.15, 0.2) is 52.2 Å². The number of nitrogens with one attached hydrogen (secondary N) is 2. The van der Waals surface area contributed by atoms with E-state index in [1.165, 1.54) is 18.0 Å². The summed E-state index contributed by atoms with van der Waals surface area (Å²) in [5, 5.41) is 14.6. The molecule has 0 aliphatic carbocycles. The highest BCUT2D eigenvalue weighted by atomic mass is 35.5. The fraction of sp³-hybridized carbons (Fsp3) is 0.263. The largest absolute Gasteiger partial charge is 0.467 e. The standard InChI is InChI=1S/C19H20ClN5O3S/c1-2-9-25-17(13-5-7-14(20)8-6-13)23-24-19(25)29-12-16(26)22-18(27)21-11-15-4-3-10-28-15/h3-8,10H,2,9,11-12H2,1H3,(H2,21,22,26,27). The van der Waals surface area contributed by atoms with Crippen LogP contribution in [0.25, 0.3) is 11.4 Å². The molecule has 8 nitrogen and oxygen atoms in total. The molecule has 0 fully saturated rings. The van der Waals surface area contributed by atoms with Crippen LogP contribution in [-0.2, 0) is 17.9 Å². The van der Waals surface area contributed by atoms with Crippen LogP contribution in [0.2, 0.25) is 5.02 Å². The fourth-order valence-corrected chi connectivity index (χ4v) is 3.44. The van der Waals surface area contributed by atoms with Crippen molar-refractivity contribution in [2.45, 2.75) is 31.6 Å². The SMILES string of the molecule is CCCn1c(SCC(=O)NC(=O)NCc2ccco2)nnc1-c1ccc(Cl)cc1. The average Bonchev–Trinajstić information content (AvgIpc) is 3.36. The molecule has 152 valence electrons. The van der Waals surface area contributed by atoms with Crippen molar-refractivity contribution in [3.8, 4) is 11.4 Å². The highest BCUT2D eigenvalue weighted by Crippen LogP contribution is 2.25. The number of nitrogens with zero attached hydrogens (tertiary/aromatic N) is 3. The van der Waals surface area contributed by atoms with Gasteiger partial charge in [-0.3, -0.25) is 10.1 Å². The molecule has 3 aromatic rings. The van der Waals surface area contributed by atoms with Crippen molar-refractivity contribution in [3.05, 3.63) is 53.4 Å². The summed E-state index contributed by atoms with van der Waals surface area (Å²) in [6, 6.07) is 10.2. The number of carbonyl (C=O) groups is 2. The van der Waals surface area contributed by atoms with Gasteiger partial charge in [-0.15, -0.1) is 10.2 Å². The van der Waals surface area contributed by atoms with Crippen molar-refractivity contribution in [2.75, 3.05) is 5.75 Å². The third-order valence-electron chi connectivity index (χ3n) is 3.86. The number of benzene rings is 1. The van der Waals surface area contributed by atoms with Crippen LogP contribution >= 0.6 is 23.4 Å². The number of hydrogen-bond acceptors (Lipinski definition) is 6. The summed E-state index contributed by atoms with van der Waals surface area (Å²) < 4.78 is 7.08. The molecule has 0 spiro atoms. The van der Waals surface area contributed by atoms with Crippen LogP contribution in [0.4, 0.5) is 4.79 Å². The summed E-state index contributed by atoms with van der Waals surface area (Å²) >= 11 is 7.18. The number of aromatic nitrogens is 3. The first-order valence-electron chi connectivity index (χ1n) is 8.98. The van der Waals surface area contributed by atoms with Gasteiger partial charge in [-0.25, -0.2) is 4.79 Å². The van der Waals surface area contributed by atoms with Crippen molar-refractivity contribution in [3.63, 3.8) is 0 Å². The van der Waals surface area contributed by atoms with Crippen molar-refractivity contribution < 1.29 is 14.0 Å². The Morgan fingerprint density at radius 1 is 1.21 bits per heavy atom. The van der Waals surface area contributed by atoms with Crippen LogP contribution in [0.5, 0.6) is 0 Å². The first-order chi connectivity index (χ1) is 14.1. The summed E-state index contributed by atoms with van der Waals surface area (Å²) in [7, 11) is 0. The second-order valence-corrected chi connectivity index (χ2v) is 7.44. The molecule has 3 amide bonds. The lowest BCUT2D eigenvalue weighted by Crippen LogP contribution is -2.39. The third-order valence-corrected chi connectivity index (χ3v) is 5.07. The molecule has 2 aromatic heterocycles. The summed E-state index contributed by atoms with van der Waals surface area (Å²) in [5.74, 6) is 0.925. The molecule has 29 heavy (non-hydrogen) atoms. The number of rotatable bonds is 8. The van der Waals surface area contributed by atoms with E-state index in [4.69, 9.17) is 16.0 Å². The highest BCUT2D eigenvalue weighted by molar-refractivity contribution is 7.99. The molecule has 0 radical (unpaired) electrons. The summed E-state index contributed by atoms with van der Waals surface area (Å²) in [4.78, 5) is 23.9. The Hall–Kier alpha value is -2.78. The lowest BCUT2D eigenvalue weighted by atomic mass is 10.2. The molecule has 3 rings (SSSR count). The Morgan fingerprint density at radius 3 is 2.69 bits per heavy atom. The first kappa shape index (κ1) is 20.9. The van der Waals surface area contributed by atoms with E-state index in [0.717, 1.165) is 12.0 Å². The molecule has 0 bridgehead atoms. The van der Waals surface area contributed by atoms with Crippen LogP contribution in [-0.4, -0.2) is 32.5 Å². The number of amides is 3. The Labute approximate surface area is 177 Å². The lowest BCUT2D eigenvalue weighted by Gasteiger charge is -2.09. The second-order valence-electron chi connectivity index (χ2n) is 6.06. The molecular formula is C19H20ClN5O3S. The number of carbonyl (C=O) groups excluding carboxylic acids is 2. The molecule has 2 heterocycles. The third kappa shape index (κ3) is 5.85. The van der Waals surface area contributed by atoms with Gasteiger partial charge in [0, 0.05) is 17.1 Å². The molecule has 0 saturated carbocycles. The van der Waals surface area contributed by atoms with Gasteiger partial charge in [-0.2, -0.15) is 0 Å². The maximum atomic E-state index is 12.1. The number of imide groups is 1. The topological polar surface area (TPSA) is 102 Å². The van der Waals surface area contributed by atoms with Gasteiger partial charge in [0.1, 0.15) is 5.76 Å². The maximum absolute atomic E-state index is 12.1. The van der Waals surface area contributed by atoms with Crippen molar-refractivity contribution in [1.82, 2.24) is 25.4 Å². The maximum Gasteiger partial charge on any atom is 0.321 e. The van der Waals surface area contributed by atoms with E-state index < -0.39 is 11.9 Å². The quantitative estimate of drug-likeness (QED) is 0.525. The Kier molecular flexibility index (Phi) is 7.31. The van der Waals surface area contributed by atoms with E-state index in [0.29, 0.717) is 28.3 Å². The zero-order valence-electron chi connectivity index (χ0n) is 15.7. The van der Waals surface area contributed by atoms with E-state index in [9.17, 15) is 9.59 Å². The van der Waals surface area contributed by atoms with Gasteiger partial charge in [0.05, 0.1) is 18.6 Å². The van der Waals surface area contributed by atoms with Gasteiger partial charge in [0.25, 0.3) is 0 Å². The van der Waals surface area contributed by atoms with Gasteiger partial charge in [-0.05, 0) is 42.8 Å². The first-order valence-corrected chi connectivity index (χ1v) is 10.3. The number of halogens is 1. The van der Waals surface area contributed by atoms with Crippen LogP contribution in [0.3, 0.4) is 0 Å². The molecule has 0 aliphatic rings. The minimum atomic E-state index is -0.580. The minimum Gasteiger partial charge on any atom is -0.467 e. The fourth-order valence-electron chi connectivity index (χ4n) is 2.55. The number of thioether (sulfide) groups is 1. The zero-order chi connectivity index (χ0) is 20.6. The highest BCUT2D eigenvalue weighted by Gasteiger charge is 2.16. The van der Waals surface area contributed by atoms with Crippen LogP contribution in [0.1, 0.15) is 19.1 Å². The van der Waals surface area contributed by atoms with Crippen molar-refractivity contribution >= 4 is 35.3 Å². The number of hydrogen-bond donors (Lipinski definition) is 2. The predicted octanol–water partition coefficient (Wildman–Crippen LogP) is 3.72. The van der Waals surface area contributed by atoms with Gasteiger partial charge < -0.3 is 14.3 Å².